The quantitative estimate of drug-likeness (QED) is 0.115. The average Bonchev–Trinajstić information content (AvgIpc) is 3.75. The van der Waals surface area contributed by atoms with E-state index in [0.29, 0.717) is 31.0 Å². The van der Waals surface area contributed by atoms with E-state index in [2.05, 4.69) is 16.4 Å². The lowest BCUT2D eigenvalue weighted by Crippen LogP contribution is -2.32. The predicted octanol–water partition coefficient (Wildman–Crippen LogP) is 5.71. The van der Waals surface area contributed by atoms with E-state index in [-0.39, 0.29) is 48.6 Å². The maximum absolute atomic E-state index is 12.3. The van der Waals surface area contributed by atoms with Crippen molar-refractivity contribution in [2.75, 3.05) is 21.1 Å². The molecule has 0 saturated carbocycles. The molecule has 19 heteroatoms. The molecule has 2 aliphatic heterocycles. The topological polar surface area (TPSA) is 212 Å². The van der Waals surface area contributed by atoms with Crippen molar-refractivity contribution >= 4 is 90.6 Å². The zero-order valence-corrected chi connectivity index (χ0v) is 34.5. The molecule has 2 heterocycles. The first-order chi connectivity index (χ1) is 27.9. The van der Waals surface area contributed by atoms with Crippen molar-refractivity contribution in [2.45, 2.75) is 45.3 Å². The fourth-order valence-corrected chi connectivity index (χ4v) is 8.82. The molecule has 6 amide bonds. The summed E-state index contributed by atoms with van der Waals surface area (Å²) in [7, 11) is 10.4. The van der Waals surface area contributed by atoms with Crippen molar-refractivity contribution in [1.29, 1.82) is 0 Å². The van der Waals surface area contributed by atoms with Crippen LogP contribution in [0.25, 0.3) is 0 Å². The third-order valence-electron chi connectivity index (χ3n) is 7.61. The van der Waals surface area contributed by atoms with Gasteiger partial charge in [0, 0.05) is 70.5 Å². The van der Waals surface area contributed by atoms with E-state index >= 15 is 0 Å². The van der Waals surface area contributed by atoms with Gasteiger partial charge in [-0.15, -0.1) is 10.1 Å². The Kier molecular flexibility index (Phi) is 17.4. The molecule has 302 valence electrons. The number of carbonyl (C=O) groups excluding carboxylic acids is 8. The Morgan fingerprint density at radius 1 is 0.483 bits per heavy atom. The number of carbonyl (C=O) groups is 8. The highest BCUT2D eigenvalue weighted by Gasteiger charge is 2.34. The van der Waals surface area contributed by atoms with Crippen LogP contribution >= 0.6 is 43.2 Å². The van der Waals surface area contributed by atoms with Crippen LogP contribution in [0, 0.1) is 0 Å². The van der Waals surface area contributed by atoms with E-state index in [1.165, 1.54) is 40.8 Å². The highest BCUT2D eigenvalue weighted by atomic mass is 33.1. The number of hydroxylamine groups is 4. The van der Waals surface area contributed by atoms with Gasteiger partial charge in [0.15, 0.2) is 0 Å². The molecular formula is C39H37N5O10S4. The Morgan fingerprint density at radius 3 is 1.02 bits per heavy atom. The van der Waals surface area contributed by atoms with Crippen molar-refractivity contribution in [3.63, 3.8) is 0 Å². The standard InChI is InChI=1S/C22H16N2O8S2.C16H16N2O2S2.CH5N/c25-17-7-8-18(26)23(17)31-21(29)13-3-1-5-15(11-13)33-34-16-6-2-4-14(12-16)22(30)32-24-19(27)9-10-20(24)28;1-17-15(19)11-5-3-7-13(9-11)21-22-14-8-4-6-12(10-14)16(20)18-2;1-2/h1-6,11-12H,7-10H2;3-10H,1-2H3,(H,17,19)(H,18,20);2H2,1H3. The van der Waals surface area contributed by atoms with E-state index < -0.39 is 35.6 Å². The van der Waals surface area contributed by atoms with Gasteiger partial charge in [0.1, 0.15) is 0 Å². The summed E-state index contributed by atoms with van der Waals surface area (Å²) in [6, 6.07) is 27.7. The van der Waals surface area contributed by atoms with Crippen LogP contribution in [0.15, 0.2) is 117 Å². The fourth-order valence-electron chi connectivity index (χ4n) is 4.80. The fraction of sp³-hybridized carbons (Fsp3) is 0.179. The van der Waals surface area contributed by atoms with Crippen molar-refractivity contribution in [3.8, 4) is 0 Å². The molecule has 4 aromatic carbocycles. The molecule has 0 spiro atoms. The Morgan fingerprint density at radius 2 is 0.741 bits per heavy atom. The van der Waals surface area contributed by atoms with Crippen molar-refractivity contribution in [1.82, 2.24) is 20.8 Å². The second kappa shape index (κ2) is 22.4. The summed E-state index contributed by atoms with van der Waals surface area (Å²) in [6.07, 6.45) is 0.0393. The zero-order valence-electron chi connectivity index (χ0n) is 31.3. The second-order valence-corrected chi connectivity index (χ2v) is 16.1. The van der Waals surface area contributed by atoms with Gasteiger partial charge in [0.05, 0.1) is 11.1 Å². The summed E-state index contributed by atoms with van der Waals surface area (Å²) in [6.45, 7) is 0. The maximum atomic E-state index is 12.3. The van der Waals surface area contributed by atoms with Crippen molar-refractivity contribution in [2.24, 2.45) is 5.73 Å². The highest BCUT2D eigenvalue weighted by molar-refractivity contribution is 8.77. The summed E-state index contributed by atoms with van der Waals surface area (Å²) < 4.78 is 0. The van der Waals surface area contributed by atoms with E-state index in [1.807, 2.05) is 36.4 Å². The van der Waals surface area contributed by atoms with Crippen LogP contribution in [0.5, 0.6) is 0 Å². The SMILES string of the molecule is CN.CNC(=O)c1cccc(SSc2cccc(C(=O)NC)c2)c1.O=C(ON1C(=O)CCC1=O)c1cccc(SSc2cccc(C(=O)ON3C(=O)CCC3=O)c2)c1. The van der Waals surface area contributed by atoms with E-state index in [0.717, 1.165) is 9.79 Å². The summed E-state index contributed by atoms with van der Waals surface area (Å²) in [5.74, 6) is -4.10. The van der Waals surface area contributed by atoms with Crippen LogP contribution < -0.4 is 16.4 Å². The average molecular weight is 864 g/mol. The first kappa shape index (κ1) is 45.1. The minimum Gasteiger partial charge on any atom is -0.355 e. The number of hydrogen-bond donors (Lipinski definition) is 3. The van der Waals surface area contributed by atoms with Crippen LogP contribution in [0.3, 0.4) is 0 Å². The molecule has 0 bridgehead atoms. The lowest BCUT2D eigenvalue weighted by molar-refractivity contribution is -0.173. The third kappa shape index (κ3) is 12.7. The molecule has 0 unspecified atom stereocenters. The molecule has 6 rings (SSSR count). The summed E-state index contributed by atoms with van der Waals surface area (Å²) in [5.41, 5.74) is 6.09. The van der Waals surface area contributed by atoms with Crippen LogP contribution in [0.2, 0.25) is 0 Å². The molecule has 0 radical (unpaired) electrons. The van der Waals surface area contributed by atoms with Crippen molar-refractivity contribution < 1.29 is 48.0 Å². The minimum atomic E-state index is -0.827. The van der Waals surface area contributed by atoms with Gasteiger partial charge in [0.2, 0.25) is 0 Å². The maximum Gasteiger partial charge on any atom is 0.363 e. The van der Waals surface area contributed by atoms with Crippen LogP contribution in [-0.4, -0.2) is 78.7 Å². The predicted molar refractivity (Wildman–Crippen MR) is 219 cm³/mol. The molecule has 0 aromatic heterocycles. The van der Waals surface area contributed by atoms with Gasteiger partial charge in [0.25, 0.3) is 35.4 Å². The van der Waals surface area contributed by atoms with Gasteiger partial charge >= 0.3 is 11.9 Å². The number of benzene rings is 4. The van der Waals surface area contributed by atoms with Gasteiger partial charge in [-0.2, -0.15) is 0 Å². The number of imide groups is 2. The number of nitrogens with zero attached hydrogens (tertiary/aromatic N) is 2. The lowest BCUT2D eigenvalue weighted by Gasteiger charge is -2.13. The summed E-state index contributed by atoms with van der Waals surface area (Å²) in [4.78, 5) is 108. The van der Waals surface area contributed by atoms with Gasteiger partial charge in [-0.1, -0.05) is 67.4 Å². The van der Waals surface area contributed by atoms with E-state index in [1.54, 1.807) is 84.2 Å². The monoisotopic (exact) mass is 863 g/mol. The molecule has 15 nitrogen and oxygen atoms in total. The van der Waals surface area contributed by atoms with E-state index in [9.17, 15) is 38.4 Å². The first-order valence-electron chi connectivity index (χ1n) is 17.2. The Labute approximate surface area is 349 Å². The third-order valence-corrected chi connectivity index (χ3v) is 12.4. The molecular weight excluding hydrogens is 827 g/mol. The minimum absolute atomic E-state index is 0.00982. The lowest BCUT2D eigenvalue weighted by atomic mass is 10.2. The van der Waals surface area contributed by atoms with Crippen LogP contribution in [-0.2, 0) is 28.9 Å². The highest BCUT2D eigenvalue weighted by Crippen LogP contribution is 2.39. The zero-order chi connectivity index (χ0) is 42.2. The van der Waals surface area contributed by atoms with Crippen molar-refractivity contribution in [3.05, 3.63) is 119 Å². The number of rotatable bonds is 12. The number of amides is 6. The summed E-state index contributed by atoms with van der Waals surface area (Å²) in [5, 5.41) is 6.20. The number of hydrogen-bond acceptors (Lipinski definition) is 15. The molecule has 0 atom stereocenters. The number of nitrogens with one attached hydrogen (secondary N) is 2. The first-order valence-corrected chi connectivity index (χ1v) is 21.5. The van der Waals surface area contributed by atoms with Gasteiger partial charge in [-0.25, -0.2) is 9.59 Å². The molecule has 58 heavy (non-hydrogen) atoms. The molecule has 4 aromatic rings. The normalized spacial score (nSPS) is 13.2. The van der Waals surface area contributed by atoms with Crippen LogP contribution in [0.1, 0.15) is 67.1 Å². The Bertz CT molecular complexity index is 2020. The van der Waals surface area contributed by atoms with Crippen LogP contribution in [0.4, 0.5) is 0 Å². The Hall–Kier alpha value is -5.60. The Balaban J connectivity index is 0.000000268. The number of nitrogens with two attached hydrogens (primary N) is 1. The summed E-state index contributed by atoms with van der Waals surface area (Å²) >= 11 is 0. The van der Waals surface area contributed by atoms with Gasteiger partial charge < -0.3 is 26.0 Å². The molecule has 2 aliphatic rings. The largest absolute Gasteiger partial charge is 0.363 e. The second-order valence-electron chi connectivity index (χ2n) is 11.5. The van der Waals surface area contributed by atoms with Gasteiger partial charge in [-0.3, -0.25) is 28.8 Å². The van der Waals surface area contributed by atoms with Gasteiger partial charge in [-0.05, 0) is 79.8 Å². The smallest absolute Gasteiger partial charge is 0.355 e. The molecule has 2 fully saturated rings. The molecule has 2 saturated heterocycles. The molecule has 0 aliphatic carbocycles. The van der Waals surface area contributed by atoms with E-state index in [4.69, 9.17) is 9.68 Å². The molecule has 4 N–H and O–H groups in total.